The SMILES string of the molecule is c1ccc(-n2c3ccccc3c3cc4c(cc32)-c2ccc3c5ccncc5n5ccnc5c3c2C4)cc1. The zero-order valence-corrected chi connectivity index (χ0v) is 19.9. The monoisotopic (exact) mass is 472 g/mol. The van der Waals surface area contributed by atoms with Crippen molar-refractivity contribution in [3.05, 3.63) is 121 Å². The van der Waals surface area contributed by atoms with Gasteiger partial charge in [0, 0.05) is 45.8 Å². The molecule has 4 aromatic heterocycles. The summed E-state index contributed by atoms with van der Waals surface area (Å²) in [6, 6.07) is 31.0. The zero-order valence-electron chi connectivity index (χ0n) is 19.9. The van der Waals surface area contributed by atoms with E-state index in [4.69, 9.17) is 4.98 Å². The van der Waals surface area contributed by atoms with Crippen LogP contribution in [0.1, 0.15) is 11.1 Å². The Morgan fingerprint density at radius 3 is 2.46 bits per heavy atom. The number of imidazole rings is 1. The molecule has 0 spiro atoms. The number of hydrogen-bond donors (Lipinski definition) is 0. The van der Waals surface area contributed by atoms with Crippen LogP contribution in [0.15, 0.2) is 110 Å². The first-order chi connectivity index (χ1) is 18.4. The number of pyridine rings is 2. The molecule has 1 aliphatic carbocycles. The summed E-state index contributed by atoms with van der Waals surface area (Å²) in [4.78, 5) is 9.19. The van der Waals surface area contributed by atoms with Crippen molar-refractivity contribution in [3.8, 4) is 16.8 Å². The van der Waals surface area contributed by atoms with Gasteiger partial charge in [0.2, 0.25) is 0 Å². The number of hydrogen-bond acceptors (Lipinski definition) is 2. The Bertz CT molecular complexity index is 2220. The summed E-state index contributed by atoms with van der Waals surface area (Å²) in [5.74, 6) is 0. The molecule has 0 saturated carbocycles. The molecule has 0 N–H and O–H groups in total. The number of fused-ring (bicyclic) bond motifs is 13. The number of aromatic nitrogens is 4. The predicted octanol–water partition coefficient (Wildman–Crippen LogP) is 7.70. The molecule has 4 heteroatoms. The lowest BCUT2D eigenvalue weighted by Crippen LogP contribution is -1.94. The van der Waals surface area contributed by atoms with Gasteiger partial charge in [0.25, 0.3) is 0 Å². The minimum Gasteiger partial charge on any atom is -0.309 e. The maximum Gasteiger partial charge on any atom is 0.145 e. The normalized spacial score (nSPS) is 12.8. The van der Waals surface area contributed by atoms with Crippen LogP contribution in [0.5, 0.6) is 0 Å². The fourth-order valence-electron chi connectivity index (χ4n) is 6.55. The van der Waals surface area contributed by atoms with E-state index in [-0.39, 0.29) is 0 Å². The highest BCUT2D eigenvalue weighted by Crippen LogP contribution is 2.46. The van der Waals surface area contributed by atoms with Gasteiger partial charge in [0.05, 0.1) is 22.7 Å². The van der Waals surface area contributed by atoms with E-state index in [1.165, 1.54) is 65.9 Å². The first kappa shape index (κ1) is 19.3. The third-order valence-corrected chi connectivity index (χ3v) is 8.10. The molecule has 0 bridgehead atoms. The quantitative estimate of drug-likeness (QED) is 0.229. The standard InChI is InChI=1S/C33H20N4/c1-2-6-21(7-3-1)37-29-9-5-4-8-23(29)27-16-20-17-28-22(26(20)18-30(27)37)10-11-25-24-12-13-34-19-31(24)36-15-14-35-33(36)32(25)28/h1-16,18-19H,17H2. The van der Waals surface area contributed by atoms with Crippen LogP contribution >= 0.6 is 0 Å². The van der Waals surface area contributed by atoms with Gasteiger partial charge in [-0.05, 0) is 70.5 Å². The van der Waals surface area contributed by atoms with Crippen LogP contribution in [0, 0.1) is 0 Å². The lowest BCUT2D eigenvalue weighted by atomic mass is 9.97. The Morgan fingerprint density at radius 1 is 0.649 bits per heavy atom. The van der Waals surface area contributed by atoms with Crippen molar-refractivity contribution < 1.29 is 0 Å². The maximum absolute atomic E-state index is 4.81. The molecule has 4 nitrogen and oxygen atoms in total. The molecule has 0 fully saturated rings. The molecule has 4 aromatic carbocycles. The van der Waals surface area contributed by atoms with Gasteiger partial charge >= 0.3 is 0 Å². The van der Waals surface area contributed by atoms with Crippen molar-refractivity contribution in [1.82, 2.24) is 18.9 Å². The molecule has 172 valence electrons. The second kappa shape index (κ2) is 6.83. The Morgan fingerprint density at radius 2 is 1.51 bits per heavy atom. The summed E-state index contributed by atoms with van der Waals surface area (Å²) in [6.07, 6.45) is 8.66. The predicted molar refractivity (Wildman–Crippen MR) is 151 cm³/mol. The molecule has 9 rings (SSSR count). The second-order valence-electron chi connectivity index (χ2n) is 9.92. The Kier molecular flexibility index (Phi) is 3.55. The topological polar surface area (TPSA) is 35.1 Å². The average Bonchev–Trinajstić information content (AvgIpc) is 3.66. The third kappa shape index (κ3) is 2.42. The minimum absolute atomic E-state index is 0.905. The molecule has 0 atom stereocenters. The molecule has 0 saturated heterocycles. The van der Waals surface area contributed by atoms with E-state index in [1.807, 2.05) is 24.8 Å². The maximum atomic E-state index is 4.81. The molecular weight excluding hydrogens is 452 g/mol. The van der Waals surface area contributed by atoms with Crippen LogP contribution < -0.4 is 0 Å². The van der Waals surface area contributed by atoms with E-state index in [0.29, 0.717) is 0 Å². The van der Waals surface area contributed by atoms with Gasteiger partial charge < -0.3 is 4.57 Å². The van der Waals surface area contributed by atoms with Crippen LogP contribution in [0.2, 0.25) is 0 Å². The molecular formula is C33H20N4. The number of para-hydroxylation sites is 2. The van der Waals surface area contributed by atoms with Gasteiger partial charge in [-0.3, -0.25) is 9.38 Å². The van der Waals surface area contributed by atoms with E-state index in [9.17, 15) is 0 Å². The number of nitrogens with zero attached hydrogens (tertiary/aromatic N) is 4. The van der Waals surface area contributed by atoms with Crippen molar-refractivity contribution in [3.63, 3.8) is 0 Å². The van der Waals surface area contributed by atoms with E-state index in [1.54, 1.807) is 0 Å². The summed E-state index contributed by atoms with van der Waals surface area (Å²) in [5, 5.41) is 6.29. The van der Waals surface area contributed by atoms with Crippen molar-refractivity contribution in [1.29, 1.82) is 0 Å². The summed E-state index contributed by atoms with van der Waals surface area (Å²) < 4.78 is 4.58. The van der Waals surface area contributed by atoms with Crippen LogP contribution in [0.4, 0.5) is 0 Å². The molecule has 37 heavy (non-hydrogen) atoms. The second-order valence-corrected chi connectivity index (χ2v) is 9.92. The van der Waals surface area contributed by atoms with Gasteiger partial charge in [0.15, 0.2) is 0 Å². The van der Waals surface area contributed by atoms with Crippen molar-refractivity contribution in [2.75, 3.05) is 0 Å². The molecule has 4 heterocycles. The van der Waals surface area contributed by atoms with Crippen LogP contribution in [0.3, 0.4) is 0 Å². The first-order valence-electron chi connectivity index (χ1n) is 12.6. The lowest BCUT2D eigenvalue weighted by molar-refractivity contribution is 1.18. The van der Waals surface area contributed by atoms with Crippen molar-refractivity contribution in [2.24, 2.45) is 0 Å². The fourth-order valence-corrected chi connectivity index (χ4v) is 6.55. The zero-order chi connectivity index (χ0) is 24.1. The van der Waals surface area contributed by atoms with Crippen LogP contribution in [0.25, 0.3) is 65.9 Å². The summed E-state index contributed by atoms with van der Waals surface area (Å²) in [5.41, 5.74) is 11.1. The molecule has 0 unspecified atom stereocenters. The van der Waals surface area contributed by atoms with Gasteiger partial charge in [-0.15, -0.1) is 0 Å². The largest absolute Gasteiger partial charge is 0.309 e. The molecule has 0 radical (unpaired) electrons. The molecule has 1 aliphatic rings. The average molecular weight is 473 g/mol. The van der Waals surface area contributed by atoms with Crippen molar-refractivity contribution >= 4 is 49.1 Å². The molecule has 8 aromatic rings. The molecule has 0 aliphatic heterocycles. The summed E-state index contributed by atoms with van der Waals surface area (Å²) in [7, 11) is 0. The van der Waals surface area contributed by atoms with E-state index < -0.39 is 0 Å². The first-order valence-corrected chi connectivity index (χ1v) is 12.6. The lowest BCUT2D eigenvalue weighted by Gasteiger charge is -2.12. The smallest absolute Gasteiger partial charge is 0.145 e. The van der Waals surface area contributed by atoms with Gasteiger partial charge in [0.1, 0.15) is 5.65 Å². The number of benzene rings is 4. The van der Waals surface area contributed by atoms with E-state index >= 15 is 0 Å². The highest BCUT2D eigenvalue weighted by Gasteiger charge is 2.25. The highest BCUT2D eigenvalue weighted by atomic mass is 15.0. The van der Waals surface area contributed by atoms with Crippen LogP contribution in [-0.4, -0.2) is 18.9 Å². The molecule has 0 amide bonds. The summed E-state index contributed by atoms with van der Waals surface area (Å²) in [6.45, 7) is 0. The van der Waals surface area contributed by atoms with Gasteiger partial charge in [-0.25, -0.2) is 4.98 Å². The van der Waals surface area contributed by atoms with Gasteiger partial charge in [-0.1, -0.05) is 48.5 Å². The Hall–Kier alpha value is -4.96. The van der Waals surface area contributed by atoms with Crippen LogP contribution in [-0.2, 0) is 6.42 Å². The van der Waals surface area contributed by atoms with Gasteiger partial charge in [-0.2, -0.15) is 0 Å². The number of rotatable bonds is 1. The van der Waals surface area contributed by atoms with E-state index in [0.717, 1.165) is 17.6 Å². The Labute approximate surface area is 212 Å². The fraction of sp³-hybridized carbons (Fsp3) is 0.0303. The van der Waals surface area contributed by atoms with E-state index in [2.05, 4.69) is 98.9 Å². The third-order valence-electron chi connectivity index (χ3n) is 8.10. The highest BCUT2D eigenvalue weighted by molar-refractivity contribution is 6.16. The minimum atomic E-state index is 0.905. The summed E-state index contributed by atoms with van der Waals surface area (Å²) >= 11 is 0. The van der Waals surface area contributed by atoms with Crippen molar-refractivity contribution in [2.45, 2.75) is 6.42 Å². The Balaban J connectivity index is 1.40.